The molecule has 1 N–H and O–H groups in total. The fourth-order valence-electron chi connectivity index (χ4n) is 2.47. The maximum Gasteiger partial charge on any atom is 0.416 e. The van der Waals surface area contributed by atoms with Crippen LogP contribution in [0.1, 0.15) is 19.4 Å². The molecule has 0 saturated heterocycles. The summed E-state index contributed by atoms with van der Waals surface area (Å²) in [7, 11) is 0. The molecular formula is C19H17ClF3N3O. The third-order valence-corrected chi connectivity index (χ3v) is 4.86. The lowest BCUT2D eigenvalue weighted by atomic mass is 9.95. The smallest absolute Gasteiger partial charge is 0.309 e. The number of halogens is 4. The summed E-state index contributed by atoms with van der Waals surface area (Å²) in [5, 5.41) is 2.82. The quantitative estimate of drug-likeness (QED) is 0.615. The first-order valence-corrected chi connectivity index (χ1v) is 8.69. The van der Waals surface area contributed by atoms with Crippen molar-refractivity contribution in [2.45, 2.75) is 20.0 Å². The van der Waals surface area contributed by atoms with Crippen molar-refractivity contribution in [2.24, 2.45) is 5.41 Å². The molecule has 0 unspecified atom stereocenters. The summed E-state index contributed by atoms with van der Waals surface area (Å²) in [5.41, 5.74) is -0.160. The Kier molecular flexibility index (Phi) is 4.90. The van der Waals surface area contributed by atoms with Crippen molar-refractivity contribution >= 4 is 29.0 Å². The van der Waals surface area contributed by atoms with Gasteiger partial charge in [-0.2, -0.15) is 13.2 Å². The number of hydrogen-bond donors (Lipinski definition) is 1. The minimum absolute atomic E-state index is 0.116. The first-order valence-electron chi connectivity index (χ1n) is 8.15. The van der Waals surface area contributed by atoms with E-state index in [2.05, 4.69) is 10.3 Å². The summed E-state index contributed by atoms with van der Waals surface area (Å²) in [6, 6.07) is 9.97. The number of nitrogens with zero attached hydrogens (tertiary/aromatic N) is 2. The van der Waals surface area contributed by atoms with Gasteiger partial charge in [0.05, 0.1) is 11.0 Å². The fourth-order valence-corrected chi connectivity index (χ4v) is 2.59. The first-order chi connectivity index (χ1) is 12.6. The summed E-state index contributed by atoms with van der Waals surface area (Å²) < 4.78 is 40.1. The Morgan fingerprint density at radius 1 is 1.15 bits per heavy atom. The third-order valence-electron chi connectivity index (χ3n) is 4.20. The van der Waals surface area contributed by atoms with E-state index in [0.717, 1.165) is 12.1 Å². The summed E-state index contributed by atoms with van der Waals surface area (Å²) in [5.74, 6) is 0.190. The molecular weight excluding hydrogens is 379 g/mol. The minimum Gasteiger partial charge on any atom is -0.309 e. The number of rotatable bonds is 4. The number of carbonyl (C=O) groups is 1. The number of amides is 1. The summed E-state index contributed by atoms with van der Waals surface area (Å²) in [6.45, 7) is 3.41. The highest BCUT2D eigenvalue weighted by molar-refractivity contribution is 6.20. The Morgan fingerprint density at radius 2 is 1.81 bits per heavy atom. The number of anilines is 1. The molecule has 0 radical (unpaired) electrons. The van der Waals surface area contributed by atoms with E-state index in [-0.39, 0.29) is 11.8 Å². The lowest BCUT2D eigenvalue weighted by Crippen LogP contribution is -2.32. The van der Waals surface area contributed by atoms with Crippen LogP contribution >= 0.6 is 11.6 Å². The van der Waals surface area contributed by atoms with E-state index >= 15 is 0 Å². The average Bonchev–Trinajstić information content (AvgIpc) is 2.99. The van der Waals surface area contributed by atoms with Gasteiger partial charge in [-0.25, -0.2) is 4.98 Å². The average molecular weight is 396 g/mol. The largest absolute Gasteiger partial charge is 0.416 e. The van der Waals surface area contributed by atoms with Crippen molar-refractivity contribution < 1.29 is 18.0 Å². The molecule has 0 atom stereocenters. The lowest BCUT2D eigenvalue weighted by molar-refractivity contribution is -0.137. The first kappa shape index (κ1) is 19.2. The standard InChI is InChI=1S/C19H17ClF3N3O/c1-18(2,11-20)17(27)25-16-15(24-14-5-3-4-10-26(14)16)12-6-8-13(9-7-12)19(21,22)23/h3-10H,11H2,1-2H3,(H,25,27). The normalized spacial score (nSPS) is 12.4. The van der Waals surface area contributed by atoms with Crippen LogP contribution in [-0.4, -0.2) is 21.2 Å². The number of alkyl halides is 4. The van der Waals surface area contributed by atoms with Crippen LogP contribution in [0.3, 0.4) is 0 Å². The predicted molar refractivity (Wildman–Crippen MR) is 98.8 cm³/mol. The van der Waals surface area contributed by atoms with Gasteiger partial charge in [-0.15, -0.1) is 11.6 Å². The molecule has 0 bridgehead atoms. The van der Waals surface area contributed by atoms with Gasteiger partial charge in [0, 0.05) is 17.6 Å². The van der Waals surface area contributed by atoms with Gasteiger partial charge in [0.1, 0.15) is 17.2 Å². The Balaban J connectivity index is 2.09. The van der Waals surface area contributed by atoms with Crippen LogP contribution in [0.15, 0.2) is 48.7 Å². The lowest BCUT2D eigenvalue weighted by Gasteiger charge is -2.20. The molecule has 2 heterocycles. The van der Waals surface area contributed by atoms with Crippen molar-refractivity contribution in [1.29, 1.82) is 0 Å². The monoisotopic (exact) mass is 395 g/mol. The third kappa shape index (κ3) is 3.78. The maximum atomic E-state index is 12.8. The second-order valence-corrected chi connectivity index (χ2v) is 7.05. The van der Waals surface area contributed by atoms with Crippen molar-refractivity contribution in [1.82, 2.24) is 9.38 Å². The zero-order valence-electron chi connectivity index (χ0n) is 14.6. The number of fused-ring (bicyclic) bond motifs is 1. The molecule has 2 aromatic heterocycles. The Bertz CT molecular complexity index is 978. The van der Waals surface area contributed by atoms with Crippen LogP contribution in [0.4, 0.5) is 19.0 Å². The van der Waals surface area contributed by atoms with Crippen molar-refractivity contribution in [3.05, 3.63) is 54.2 Å². The zero-order valence-corrected chi connectivity index (χ0v) is 15.4. The van der Waals surface area contributed by atoms with E-state index in [0.29, 0.717) is 22.7 Å². The van der Waals surface area contributed by atoms with Gasteiger partial charge in [-0.3, -0.25) is 9.20 Å². The van der Waals surface area contributed by atoms with Crippen LogP contribution in [0.25, 0.3) is 16.9 Å². The van der Waals surface area contributed by atoms with E-state index in [1.54, 1.807) is 42.6 Å². The molecule has 27 heavy (non-hydrogen) atoms. The highest BCUT2D eigenvalue weighted by Crippen LogP contribution is 2.34. The molecule has 0 saturated carbocycles. The van der Waals surface area contributed by atoms with Crippen LogP contribution in [-0.2, 0) is 11.0 Å². The summed E-state index contributed by atoms with van der Waals surface area (Å²) in [4.78, 5) is 17.1. The molecule has 0 fully saturated rings. The topological polar surface area (TPSA) is 46.4 Å². The molecule has 0 aliphatic carbocycles. The SMILES string of the molecule is CC(C)(CCl)C(=O)Nc1c(-c2ccc(C(F)(F)F)cc2)nc2ccccn12. The molecule has 0 spiro atoms. The van der Waals surface area contributed by atoms with E-state index in [9.17, 15) is 18.0 Å². The number of pyridine rings is 1. The van der Waals surface area contributed by atoms with Crippen LogP contribution < -0.4 is 5.32 Å². The molecule has 1 amide bonds. The number of hydrogen-bond acceptors (Lipinski definition) is 2. The molecule has 1 aromatic carbocycles. The summed E-state index contributed by atoms with van der Waals surface area (Å²) in [6.07, 6.45) is -2.70. The highest BCUT2D eigenvalue weighted by atomic mass is 35.5. The number of aromatic nitrogens is 2. The van der Waals surface area contributed by atoms with Gasteiger partial charge < -0.3 is 5.32 Å². The Labute approximate surface area is 159 Å². The second kappa shape index (κ2) is 6.88. The van der Waals surface area contributed by atoms with E-state index < -0.39 is 17.2 Å². The molecule has 0 aliphatic rings. The molecule has 8 heteroatoms. The van der Waals surface area contributed by atoms with Crippen molar-refractivity contribution in [3.8, 4) is 11.3 Å². The Morgan fingerprint density at radius 3 is 2.41 bits per heavy atom. The summed E-state index contributed by atoms with van der Waals surface area (Å²) >= 11 is 5.87. The maximum absolute atomic E-state index is 12.8. The van der Waals surface area contributed by atoms with Crippen molar-refractivity contribution in [2.75, 3.05) is 11.2 Å². The molecule has 4 nitrogen and oxygen atoms in total. The van der Waals surface area contributed by atoms with Crippen LogP contribution in [0, 0.1) is 5.41 Å². The zero-order chi connectivity index (χ0) is 19.8. The van der Waals surface area contributed by atoms with Gasteiger partial charge in [-0.1, -0.05) is 18.2 Å². The fraction of sp³-hybridized carbons (Fsp3) is 0.263. The van der Waals surface area contributed by atoms with Crippen LogP contribution in [0.2, 0.25) is 0 Å². The minimum atomic E-state index is -4.42. The second-order valence-electron chi connectivity index (χ2n) is 6.78. The molecule has 3 rings (SSSR count). The highest BCUT2D eigenvalue weighted by Gasteiger charge is 2.31. The van der Waals surface area contributed by atoms with Gasteiger partial charge in [-0.05, 0) is 38.1 Å². The van der Waals surface area contributed by atoms with Gasteiger partial charge in [0.25, 0.3) is 0 Å². The Hall–Kier alpha value is -2.54. The molecule has 3 aromatic rings. The number of carbonyl (C=O) groups excluding carboxylic acids is 1. The number of nitrogens with one attached hydrogen (secondary N) is 1. The molecule has 0 aliphatic heterocycles. The van der Waals surface area contributed by atoms with Gasteiger partial charge in [0.2, 0.25) is 5.91 Å². The van der Waals surface area contributed by atoms with Crippen molar-refractivity contribution in [3.63, 3.8) is 0 Å². The van der Waals surface area contributed by atoms with Crippen LogP contribution in [0.5, 0.6) is 0 Å². The van der Waals surface area contributed by atoms with Gasteiger partial charge >= 0.3 is 6.18 Å². The number of benzene rings is 1. The molecule has 142 valence electrons. The number of imidazole rings is 1. The predicted octanol–water partition coefficient (Wildman–Crippen LogP) is 5.22. The van der Waals surface area contributed by atoms with Gasteiger partial charge in [0.15, 0.2) is 0 Å². The van der Waals surface area contributed by atoms with E-state index in [4.69, 9.17) is 11.6 Å². The van der Waals surface area contributed by atoms with E-state index in [1.807, 2.05) is 0 Å². The van der Waals surface area contributed by atoms with E-state index in [1.165, 1.54) is 12.1 Å².